The average Bonchev–Trinajstić information content (AvgIpc) is 2.79. The summed E-state index contributed by atoms with van der Waals surface area (Å²) in [6, 6.07) is 15.5. The van der Waals surface area contributed by atoms with Gasteiger partial charge >= 0.3 is 0 Å². The lowest BCUT2D eigenvalue weighted by atomic mass is 10.2. The highest BCUT2D eigenvalue weighted by molar-refractivity contribution is 7.89. The predicted molar refractivity (Wildman–Crippen MR) is 122 cm³/mol. The summed E-state index contributed by atoms with van der Waals surface area (Å²) in [5.74, 6) is -1.53. The molecule has 174 valence electrons. The molecule has 3 aromatic rings. The molecule has 0 unspecified atom stereocenters. The molecule has 0 saturated carbocycles. The van der Waals surface area contributed by atoms with E-state index in [-0.39, 0.29) is 36.0 Å². The number of amides is 1. The first-order valence-corrected chi connectivity index (χ1v) is 11.8. The Morgan fingerprint density at radius 1 is 0.970 bits per heavy atom. The molecule has 0 aliphatic carbocycles. The fourth-order valence-electron chi connectivity index (χ4n) is 3.16. The van der Waals surface area contributed by atoms with E-state index in [4.69, 9.17) is 4.74 Å². The predicted octanol–water partition coefficient (Wildman–Crippen LogP) is 4.83. The van der Waals surface area contributed by atoms with Crippen LogP contribution < -0.4 is 10.1 Å². The van der Waals surface area contributed by atoms with Crippen LogP contribution in [0.15, 0.2) is 71.6 Å². The maximum atomic E-state index is 14.4. The molecule has 0 atom stereocenters. The second-order valence-electron chi connectivity index (χ2n) is 7.13. The van der Waals surface area contributed by atoms with Crippen LogP contribution in [0.3, 0.4) is 0 Å². The zero-order valence-corrected chi connectivity index (χ0v) is 19.0. The normalized spacial score (nSPS) is 11.4. The summed E-state index contributed by atoms with van der Waals surface area (Å²) in [4.78, 5) is 12.6. The van der Waals surface area contributed by atoms with Gasteiger partial charge in [-0.3, -0.25) is 4.79 Å². The summed E-state index contributed by atoms with van der Waals surface area (Å²) in [7, 11) is -3.85. The maximum Gasteiger partial charge on any atom is 0.258 e. The number of ether oxygens (including phenoxy) is 1. The van der Waals surface area contributed by atoms with Gasteiger partial charge in [0.25, 0.3) is 5.91 Å². The zero-order chi connectivity index (χ0) is 24.0. The molecule has 0 aliphatic rings. The van der Waals surface area contributed by atoms with E-state index in [1.54, 1.807) is 50.2 Å². The highest BCUT2D eigenvalue weighted by Crippen LogP contribution is 2.22. The van der Waals surface area contributed by atoms with Gasteiger partial charge < -0.3 is 10.1 Å². The molecule has 0 radical (unpaired) electrons. The molecule has 1 N–H and O–H groups in total. The number of nitrogens with zero attached hydrogens (tertiary/aromatic N) is 1. The number of halogens is 2. The third-order valence-corrected chi connectivity index (χ3v) is 6.98. The standard InChI is InChI=1S/C24H24F2N2O4S/c1-3-28(4-2)33(30,31)21-12-13-23(26)22(15-21)24(29)27-19-6-5-7-20(14-19)32-16-17-8-10-18(25)11-9-17/h5-15H,3-4,16H2,1-2H3,(H,27,29). The lowest BCUT2D eigenvalue weighted by Crippen LogP contribution is -2.31. The molecule has 0 spiro atoms. The Morgan fingerprint density at radius 3 is 2.33 bits per heavy atom. The molecule has 0 bridgehead atoms. The SMILES string of the molecule is CCN(CC)S(=O)(=O)c1ccc(F)c(C(=O)Nc2cccc(OCc3ccc(F)cc3)c2)c1. The summed E-state index contributed by atoms with van der Waals surface area (Å²) in [6.07, 6.45) is 0. The first-order chi connectivity index (χ1) is 15.7. The molecule has 33 heavy (non-hydrogen) atoms. The van der Waals surface area contributed by atoms with Crippen LogP contribution in [0.25, 0.3) is 0 Å². The van der Waals surface area contributed by atoms with Gasteiger partial charge in [-0.2, -0.15) is 4.31 Å². The van der Waals surface area contributed by atoms with E-state index in [2.05, 4.69) is 5.32 Å². The van der Waals surface area contributed by atoms with E-state index in [0.29, 0.717) is 11.4 Å². The molecule has 1 amide bonds. The van der Waals surface area contributed by atoms with Gasteiger partial charge in [0, 0.05) is 24.8 Å². The van der Waals surface area contributed by atoms with Crippen molar-refractivity contribution in [3.05, 3.63) is 89.5 Å². The number of sulfonamides is 1. The molecule has 3 aromatic carbocycles. The molecule has 0 heterocycles. The van der Waals surface area contributed by atoms with Crippen molar-refractivity contribution >= 4 is 21.6 Å². The molecular formula is C24H24F2N2O4S. The molecular weight excluding hydrogens is 450 g/mol. The second kappa shape index (κ2) is 10.5. The summed E-state index contributed by atoms with van der Waals surface area (Å²) >= 11 is 0. The Labute approximate surface area is 191 Å². The second-order valence-corrected chi connectivity index (χ2v) is 9.07. The number of nitrogens with one attached hydrogen (secondary N) is 1. The molecule has 9 heteroatoms. The Morgan fingerprint density at radius 2 is 1.67 bits per heavy atom. The van der Waals surface area contributed by atoms with E-state index >= 15 is 0 Å². The molecule has 6 nitrogen and oxygen atoms in total. The number of hydrogen-bond acceptors (Lipinski definition) is 4. The van der Waals surface area contributed by atoms with Crippen molar-refractivity contribution in [3.63, 3.8) is 0 Å². The van der Waals surface area contributed by atoms with E-state index < -0.39 is 21.7 Å². The van der Waals surface area contributed by atoms with Crippen LogP contribution in [-0.4, -0.2) is 31.7 Å². The van der Waals surface area contributed by atoms with Crippen molar-refractivity contribution in [2.75, 3.05) is 18.4 Å². The monoisotopic (exact) mass is 474 g/mol. The van der Waals surface area contributed by atoms with Gasteiger partial charge in [0.2, 0.25) is 10.0 Å². The fourth-order valence-corrected chi connectivity index (χ4v) is 4.65. The summed E-state index contributed by atoms with van der Waals surface area (Å²) < 4.78 is 59.7. The topological polar surface area (TPSA) is 75.7 Å². The maximum absolute atomic E-state index is 14.4. The lowest BCUT2D eigenvalue weighted by Gasteiger charge is -2.19. The van der Waals surface area contributed by atoms with E-state index in [1.807, 2.05) is 0 Å². The third-order valence-electron chi connectivity index (χ3n) is 4.94. The van der Waals surface area contributed by atoms with Gasteiger partial charge in [0.05, 0.1) is 10.5 Å². The van der Waals surface area contributed by atoms with Crippen LogP contribution in [-0.2, 0) is 16.6 Å². The minimum atomic E-state index is -3.85. The summed E-state index contributed by atoms with van der Waals surface area (Å²) in [5, 5.41) is 2.56. The average molecular weight is 475 g/mol. The number of carbonyl (C=O) groups excluding carboxylic acids is 1. The minimum absolute atomic E-state index is 0.158. The summed E-state index contributed by atoms with van der Waals surface area (Å²) in [5.41, 5.74) is 0.716. The number of carbonyl (C=O) groups is 1. The first-order valence-electron chi connectivity index (χ1n) is 10.3. The van der Waals surface area contributed by atoms with Gasteiger partial charge in [-0.1, -0.05) is 32.0 Å². The largest absolute Gasteiger partial charge is 0.489 e. The number of hydrogen-bond donors (Lipinski definition) is 1. The lowest BCUT2D eigenvalue weighted by molar-refractivity contribution is 0.102. The van der Waals surface area contributed by atoms with Crippen LogP contribution in [0, 0.1) is 11.6 Å². The van der Waals surface area contributed by atoms with Gasteiger partial charge in [-0.25, -0.2) is 17.2 Å². The van der Waals surface area contributed by atoms with Gasteiger partial charge in [0.15, 0.2) is 0 Å². The van der Waals surface area contributed by atoms with Crippen LogP contribution in [0.2, 0.25) is 0 Å². The minimum Gasteiger partial charge on any atom is -0.489 e. The smallest absolute Gasteiger partial charge is 0.258 e. The Kier molecular flexibility index (Phi) is 7.78. The molecule has 0 saturated heterocycles. The summed E-state index contributed by atoms with van der Waals surface area (Å²) in [6.45, 7) is 4.09. The molecule has 0 aliphatic heterocycles. The Balaban J connectivity index is 1.76. The van der Waals surface area contributed by atoms with Gasteiger partial charge in [-0.05, 0) is 48.0 Å². The van der Waals surface area contributed by atoms with Crippen LogP contribution >= 0.6 is 0 Å². The molecule has 3 rings (SSSR count). The Bertz CT molecular complexity index is 1230. The van der Waals surface area contributed by atoms with Crippen molar-refractivity contribution in [1.82, 2.24) is 4.31 Å². The van der Waals surface area contributed by atoms with Gasteiger partial charge in [0.1, 0.15) is 24.0 Å². The van der Waals surface area contributed by atoms with Crippen molar-refractivity contribution in [2.24, 2.45) is 0 Å². The fraction of sp³-hybridized carbons (Fsp3) is 0.208. The molecule has 0 aromatic heterocycles. The number of anilines is 1. The Hall–Kier alpha value is -3.30. The van der Waals surface area contributed by atoms with E-state index in [9.17, 15) is 22.0 Å². The highest BCUT2D eigenvalue weighted by atomic mass is 32.2. The van der Waals surface area contributed by atoms with Crippen molar-refractivity contribution in [1.29, 1.82) is 0 Å². The van der Waals surface area contributed by atoms with Crippen molar-refractivity contribution < 1.29 is 26.7 Å². The highest BCUT2D eigenvalue weighted by Gasteiger charge is 2.24. The number of benzene rings is 3. The zero-order valence-electron chi connectivity index (χ0n) is 18.2. The van der Waals surface area contributed by atoms with Crippen LogP contribution in [0.1, 0.15) is 29.8 Å². The quantitative estimate of drug-likeness (QED) is 0.482. The van der Waals surface area contributed by atoms with Gasteiger partial charge in [-0.15, -0.1) is 0 Å². The first kappa shape index (κ1) is 24.3. The van der Waals surface area contributed by atoms with E-state index in [0.717, 1.165) is 23.8 Å². The number of rotatable bonds is 9. The van der Waals surface area contributed by atoms with Crippen LogP contribution in [0.5, 0.6) is 5.75 Å². The van der Waals surface area contributed by atoms with Crippen molar-refractivity contribution in [3.8, 4) is 5.75 Å². The van der Waals surface area contributed by atoms with Crippen molar-refractivity contribution in [2.45, 2.75) is 25.3 Å². The van der Waals surface area contributed by atoms with E-state index in [1.165, 1.54) is 16.4 Å². The molecule has 0 fully saturated rings. The van der Waals surface area contributed by atoms with Crippen LogP contribution in [0.4, 0.5) is 14.5 Å². The third kappa shape index (κ3) is 5.94.